The predicted molar refractivity (Wildman–Crippen MR) is 116 cm³/mol. The van der Waals surface area contributed by atoms with Gasteiger partial charge in [0.15, 0.2) is 5.82 Å². The van der Waals surface area contributed by atoms with Crippen molar-refractivity contribution in [2.24, 2.45) is 0 Å². The van der Waals surface area contributed by atoms with Crippen LogP contribution in [0.3, 0.4) is 0 Å². The van der Waals surface area contributed by atoms with Crippen LogP contribution in [0.25, 0.3) is 21.8 Å². The van der Waals surface area contributed by atoms with Crippen molar-refractivity contribution in [1.29, 1.82) is 0 Å². The Labute approximate surface area is 165 Å². The van der Waals surface area contributed by atoms with Gasteiger partial charge in [-0.3, -0.25) is 4.98 Å². The highest BCUT2D eigenvalue weighted by Crippen LogP contribution is 2.28. The Morgan fingerprint density at radius 1 is 0.964 bits per heavy atom. The topological polar surface area (TPSA) is 61.0 Å². The molecule has 0 spiro atoms. The monoisotopic (exact) mass is 371 g/mol. The zero-order valence-corrected chi connectivity index (χ0v) is 16.6. The summed E-state index contributed by atoms with van der Waals surface area (Å²) >= 11 is 0. The molecule has 2 aromatic carbocycles. The number of aryl methyl sites for hydroxylation is 4. The third-order valence-corrected chi connectivity index (χ3v) is 5.30. The van der Waals surface area contributed by atoms with Gasteiger partial charge >= 0.3 is 0 Å². The second-order valence-corrected chi connectivity index (χ2v) is 7.26. The molecule has 2 heterocycles. The second-order valence-electron chi connectivity index (χ2n) is 7.26. The van der Waals surface area contributed by atoms with Gasteiger partial charge in [-0.1, -0.05) is 31.2 Å². The van der Waals surface area contributed by atoms with E-state index in [-0.39, 0.29) is 0 Å². The molecule has 0 atom stereocenters. The van der Waals surface area contributed by atoms with Crippen LogP contribution in [0.5, 0.6) is 5.75 Å². The molecule has 142 valence electrons. The van der Waals surface area contributed by atoms with Gasteiger partial charge in [0.25, 0.3) is 0 Å². The molecule has 0 unspecified atom stereocenters. The lowest BCUT2D eigenvalue weighted by molar-refractivity contribution is 0.410. The van der Waals surface area contributed by atoms with Crippen LogP contribution in [-0.2, 0) is 19.3 Å². The van der Waals surface area contributed by atoms with Gasteiger partial charge in [0.1, 0.15) is 11.3 Å². The summed E-state index contributed by atoms with van der Waals surface area (Å²) in [6, 6.07) is 15.0. The minimum atomic E-state index is 0.488. The van der Waals surface area contributed by atoms with Crippen LogP contribution in [0.1, 0.15) is 29.2 Å². The quantitative estimate of drug-likeness (QED) is 0.500. The van der Waals surface area contributed by atoms with Gasteiger partial charge in [-0.05, 0) is 66.6 Å². The number of nitrogens with zero attached hydrogens (tertiary/aromatic N) is 2. The lowest BCUT2D eigenvalue weighted by Gasteiger charge is -2.11. The van der Waals surface area contributed by atoms with E-state index in [9.17, 15) is 0 Å². The highest BCUT2D eigenvalue weighted by Gasteiger charge is 2.09. The van der Waals surface area contributed by atoms with E-state index in [4.69, 9.17) is 10.5 Å². The number of hydrogen-bond acceptors (Lipinski definition) is 4. The van der Waals surface area contributed by atoms with Crippen LogP contribution in [0.15, 0.2) is 48.7 Å². The number of nitrogen functional groups attached to an aromatic ring is 1. The van der Waals surface area contributed by atoms with E-state index in [1.54, 1.807) is 7.11 Å². The second kappa shape index (κ2) is 7.47. The number of hydrogen-bond donors (Lipinski definition) is 1. The molecule has 2 N–H and O–H groups in total. The molecule has 0 aliphatic carbocycles. The number of fused-ring (bicyclic) bond motifs is 3. The van der Waals surface area contributed by atoms with Gasteiger partial charge < -0.3 is 10.5 Å². The summed E-state index contributed by atoms with van der Waals surface area (Å²) in [7, 11) is 1.72. The van der Waals surface area contributed by atoms with E-state index >= 15 is 0 Å². The van der Waals surface area contributed by atoms with Crippen molar-refractivity contribution in [2.45, 2.75) is 33.1 Å². The van der Waals surface area contributed by atoms with Crippen molar-refractivity contribution in [1.82, 2.24) is 9.97 Å². The van der Waals surface area contributed by atoms with Crippen LogP contribution in [0.2, 0.25) is 0 Å². The first-order chi connectivity index (χ1) is 13.6. The van der Waals surface area contributed by atoms with E-state index < -0.39 is 0 Å². The maximum Gasteiger partial charge on any atom is 0.150 e. The number of benzene rings is 2. The Morgan fingerprint density at radius 2 is 1.79 bits per heavy atom. The van der Waals surface area contributed by atoms with Crippen LogP contribution in [-0.4, -0.2) is 17.1 Å². The van der Waals surface area contributed by atoms with E-state index in [1.165, 1.54) is 22.3 Å². The fourth-order valence-corrected chi connectivity index (χ4v) is 3.75. The fourth-order valence-electron chi connectivity index (χ4n) is 3.75. The molecule has 4 heteroatoms. The molecule has 0 aliphatic heterocycles. The first kappa shape index (κ1) is 18.2. The van der Waals surface area contributed by atoms with Crippen LogP contribution < -0.4 is 10.5 Å². The van der Waals surface area contributed by atoms with Crippen molar-refractivity contribution < 1.29 is 4.74 Å². The summed E-state index contributed by atoms with van der Waals surface area (Å²) in [5.41, 5.74) is 12.8. The molecule has 0 amide bonds. The summed E-state index contributed by atoms with van der Waals surface area (Å²) in [5, 5.41) is 2.17. The molecule has 2 aromatic heterocycles. The molecule has 4 rings (SSSR count). The molecule has 4 aromatic rings. The highest BCUT2D eigenvalue weighted by molar-refractivity contribution is 6.08. The molecule has 4 nitrogen and oxygen atoms in total. The third kappa shape index (κ3) is 3.38. The summed E-state index contributed by atoms with van der Waals surface area (Å²) < 4.78 is 5.43. The average Bonchev–Trinajstić information content (AvgIpc) is 2.71. The third-order valence-electron chi connectivity index (χ3n) is 5.30. The molecule has 28 heavy (non-hydrogen) atoms. The Bertz CT molecular complexity index is 1170. The summed E-state index contributed by atoms with van der Waals surface area (Å²) in [5.74, 6) is 1.45. The molecule has 0 bridgehead atoms. The number of nitrogens with two attached hydrogens (primary N) is 1. The van der Waals surface area contributed by atoms with E-state index in [1.807, 2.05) is 6.20 Å². The van der Waals surface area contributed by atoms with Gasteiger partial charge in [0.05, 0.1) is 12.6 Å². The lowest BCUT2D eigenvalue weighted by Crippen LogP contribution is -1.99. The highest BCUT2D eigenvalue weighted by atomic mass is 16.5. The smallest absolute Gasteiger partial charge is 0.150 e. The van der Waals surface area contributed by atoms with Crippen LogP contribution in [0.4, 0.5) is 5.82 Å². The molecule has 0 saturated carbocycles. The van der Waals surface area contributed by atoms with E-state index in [0.29, 0.717) is 5.82 Å². The van der Waals surface area contributed by atoms with Gasteiger partial charge in [-0.15, -0.1) is 0 Å². The number of anilines is 1. The van der Waals surface area contributed by atoms with Crippen molar-refractivity contribution in [3.63, 3.8) is 0 Å². The van der Waals surface area contributed by atoms with E-state index in [2.05, 4.69) is 66.3 Å². The Hall–Kier alpha value is -3.14. The van der Waals surface area contributed by atoms with Crippen molar-refractivity contribution in [3.8, 4) is 5.75 Å². The van der Waals surface area contributed by atoms with Gasteiger partial charge in [0, 0.05) is 17.0 Å². The van der Waals surface area contributed by atoms with E-state index in [0.717, 1.165) is 46.8 Å². The minimum absolute atomic E-state index is 0.488. The summed E-state index contributed by atoms with van der Waals surface area (Å²) in [6.07, 6.45) is 4.77. The molecular formula is C24H25N3O. The first-order valence-electron chi connectivity index (χ1n) is 9.69. The molecule has 0 saturated heterocycles. The van der Waals surface area contributed by atoms with Gasteiger partial charge in [-0.25, -0.2) is 4.98 Å². The summed E-state index contributed by atoms with van der Waals surface area (Å²) in [6.45, 7) is 4.22. The Kier molecular flexibility index (Phi) is 4.86. The van der Waals surface area contributed by atoms with Gasteiger partial charge in [-0.2, -0.15) is 0 Å². The van der Waals surface area contributed by atoms with Gasteiger partial charge in [0.2, 0.25) is 0 Å². The maximum atomic E-state index is 6.16. The zero-order valence-electron chi connectivity index (χ0n) is 16.6. The molecule has 0 aliphatic rings. The predicted octanol–water partition coefficient (Wildman–Crippen LogP) is 5.03. The first-order valence-corrected chi connectivity index (χ1v) is 9.69. The number of aromatic nitrogens is 2. The number of ether oxygens (including phenoxy) is 1. The lowest BCUT2D eigenvalue weighted by atomic mass is 10.00. The summed E-state index contributed by atoms with van der Waals surface area (Å²) in [4.78, 5) is 9.15. The maximum absolute atomic E-state index is 6.16. The fraction of sp³-hybridized carbons (Fsp3) is 0.250. The SMILES string of the molecule is CCc1cc(CCc2cnc3c(N)nc4cc(C)ccc4c3c2)ccc1OC. The number of rotatable bonds is 5. The average molecular weight is 371 g/mol. The Balaban J connectivity index is 1.67. The zero-order chi connectivity index (χ0) is 19.7. The minimum Gasteiger partial charge on any atom is -0.496 e. The molecular weight excluding hydrogens is 346 g/mol. The van der Waals surface area contributed by atoms with Crippen molar-refractivity contribution >= 4 is 27.6 Å². The van der Waals surface area contributed by atoms with Crippen LogP contribution in [0, 0.1) is 6.92 Å². The largest absolute Gasteiger partial charge is 0.496 e. The normalized spacial score (nSPS) is 11.2. The molecule has 0 fully saturated rings. The van der Waals surface area contributed by atoms with Crippen molar-refractivity contribution in [3.05, 3.63) is 70.9 Å². The molecule has 0 radical (unpaired) electrons. The Morgan fingerprint density at radius 3 is 2.57 bits per heavy atom. The van der Waals surface area contributed by atoms with Crippen molar-refractivity contribution in [2.75, 3.05) is 12.8 Å². The number of methoxy groups -OCH3 is 1. The van der Waals surface area contributed by atoms with Crippen LogP contribution >= 0.6 is 0 Å². The standard InChI is InChI=1S/C24H25N3O/c1-4-18-12-16(8-10-22(18)28-3)6-7-17-13-20-19-9-5-15(2)11-21(19)27-24(25)23(20)26-14-17/h5,8-14H,4,6-7H2,1-3H3,(H2,25,27). The number of pyridine rings is 2.